The summed E-state index contributed by atoms with van der Waals surface area (Å²) in [6.45, 7) is 4.28. The van der Waals surface area contributed by atoms with Crippen LogP contribution in [-0.4, -0.2) is 0 Å². The van der Waals surface area contributed by atoms with E-state index in [1.54, 1.807) is 0 Å². The third-order valence-corrected chi connectivity index (χ3v) is 2.18. The van der Waals surface area contributed by atoms with Gasteiger partial charge in [-0.15, -0.1) is 0 Å². The molecule has 0 aliphatic carbocycles. The summed E-state index contributed by atoms with van der Waals surface area (Å²) in [4.78, 5) is 0. The van der Waals surface area contributed by atoms with Crippen LogP contribution in [0.1, 0.15) is 18.2 Å². The largest absolute Gasteiger partial charge is 0.191 e. The third-order valence-electron chi connectivity index (χ3n) is 2.18. The molecule has 0 fully saturated rings. The predicted molar refractivity (Wildman–Crippen MR) is 45.0 cm³/mol. The van der Waals surface area contributed by atoms with Crippen LogP contribution in [0.2, 0.25) is 0 Å². The Kier molecular flexibility index (Phi) is 1.31. The Balaban J connectivity index is 2.58. The van der Waals surface area contributed by atoms with Crippen molar-refractivity contribution in [2.75, 3.05) is 0 Å². The zero-order chi connectivity index (χ0) is 7.84. The van der Waals surface area contributed by atoms with Crippen molar-refractivity contribution in [2.24, 2.45) is 0 Å². The molecule has 1 nitrogen and oxygen atoms in total. The summed E-state index contributed by atoms with van der Waals surface area (Å²) in [5, 5.41) is 0. The molecule has 0 bridgehead atoms. The number of pyridine rings is 1. The first-order valence-corrected chi connectivity index (χ1v) is 3.96. The maximum atomic E-state index is 2.26. The van der Waals surface area contributed by atoms with Gasteiger partial charge in [-0.05, 0) is 18.6 Å². The average Bonchev–Trinajstić information content (AvgIpc) is 2.32. The van der Waals surface area contributed by atoms with Crippen LogP contribution in [0.3, 0.4) is 0 Å². The monoisotopic (exact) mass is 146 g/mol. The summed E-state index contributed by atoms with van der Waals surface area (Å²) in [5.41, 5.74) is 4.10. The third kappa shape index (κ3) is 0.967. The number of allylic oxidation sites excluding steroid dienone is 2. The van der Waals surface area contributed by atoms with Crippen molar-refractivity contribution in [3.8, 4) is 0 Å². The van der Waals surface area contributed by atoms with Crippen molar-refractivity contribution in [1.82, 2.24) is 0 Å². The van der Waals surface area contributed by atoms with E-state index in [9.17, 15) is 0 Å². The fourth-order valence-corrected chi connectivity index (χ4v) is 1.52. The Morgan fingerprint density at radius 3 is 3.00 bits per heavy atom. The van der Waals surface area contributed by atoms with Crippen LogP contribution < -0.4 is 4.57 Å². The van der Waals surface area contributed by atoms with Gasteiger partial charge in [0, 0.05) is 19.1 Å². The summed E-state index contributed by atoms with van der Waals surface area (Å²) in [5.74, 6) is 0. The Bertz CT molecular complexity index is 324. The van der Waals surface area contributed by atoms with Crippen molar-refractivity contribution >= 4 is 5.70 Å². The minimum Gasteiger partial charge on any atom is -0.169 e. The number of hydrogen-bond donors (Lipinski definition) is 0. The number of aryl methyl sites for hydroxylation is 1. The second-order valence-corrected chi connectivity index (χ2v) is 3.12. The molecule has 0 amide bonds. The van der Waals surface area contributed by atoms with Crippen LogP contribution in [0, 0.1) is 6.92 Å². The van der Waals surface area contributed by atoms with Crippen LogP contribution in [0.5, 0.6) is 0 Å². The van der Waals surface area contributed by atoms with E-state index in [-0.39, 0.29) is 0 Å². The van der Waals surface area contributed by atoms with Crippen molar-refractivity contribution in [3.05, 3.63) is 35.7 Å². The van der Waals surface area contributed by atoms with Crippen LogP contribution >= 0.6 is 0 Å². The normalized spacial score (nSPS) is 14.5. The van der Waals surface area contributed by atoms with E-state index in [4.69, 9.17) is 0 Å². The quantitative estimate of drug-likeness (QED) is 0.490. The molecule has 0 atom stereocenters. The Morgan fingerprint density at radius 2 is 2.18 bits per heavy atom. The maximum Gasteiger partial charge on any atom is 0.191 e. The van der Waals surface area contributed by atoms with E-state index in [2.05, 4.69) is 42.8 Å². The van der Waals surface area contributed by atoms with Gasteiger partial charge in [0.2, 0.25) is 0 Å². The topological polar surface area (TPSA) is 3.88 Å². The molecule has 1 aromatic heterocycles. The first-order chi connectivity index (χ1) is 5.27. The first-order valence-electron chi connectivity index (χ1n) is 3.96. The number of hydrogen-bond acceptors (Lipinski definition) is 0. The number of fused-ring (bicyclic) bond motifs is 1. The highest BCUT2D eigenvalue weighted by molar-refractivity contribution is 5.36. The van der Waals surface area contributed by atoms with E-state index in [1.165, 1.54) is 17.0 Å². The number of nitrogens with zero attached hydrogens (tertiary/aromatic N) is 1. The molecule has 1 heteroatoms. The van der Waals surface area contributed by atoms with E-state index in [1.807, 2.05) is 0 Å². The molecule has 0 saturated heterocycles. The van der Waals surface area contributed by atoms with E-state index < -0.39 is 0 Å². The summed E-state index contributed by atoms with van der Waals surface area (Å²) in [6, 6.07) is 4.39. The van der Waals surface area contributed by atoms with Gasteiger partial charge in [-0.25, -0.2) is 0 Å². The Hall–Kier alpha value is -1.11. The van der Waals surface area contributed by atoms with Gasteiger partial charge in [0.15, 0.2) is 17.6 Å². The highest BCUT2D eigenvalue weighted by Gasteiger charge is 2.17. The molecule has 0 N–H and O–H groups in total. The molecular weight excluding hydrogens is 134 g/mol. The zero-order valence-corrected chi connectivity index (χ0v) is 6.96. The molecule has 0 unspecified atom stereocenters. The van der Waals surface area contributed by atoms with Gasteiger partial charge in [-0.1, -0.05) is 0 Å². The van der Waals surface area contributed by atoms with Crippen molar-refractivity contribution < 1.29 is 4.57 Å². The van der Waals surface area contributed by atoms with Gasteiger partial charge in [0.05, 0.1) is 6.42 Å². The molecule has 2 rings (SSSR count). The molecule has 1 aliphatic rings. The van der Waals surface area contributed by atoms with Gasteiger partial charge in [-0.2, -0.15) is 4.57 Å². The summed E-state index contributed by atoms with van der Waals surface area (Å²) in [7, 11) is 0. The highest BCUT2D eigenvalue weighted by atomic mass is 15.0. The van der Waals surface area contributed by atoms with Gasteiger partial charge in [0.25, 0.3) is 0 Å². The molecule has 0 saturated carbocycles. The Labute approximate surface area is 67.0 Å². The number of rotatable bonds is 0. The lowest BCUT2D eigenvalue weighted by Crippen LogP contribution is -2.31. The molecule has 0 aromatic carbocycles. The molecule has 11 heavy (non-hydrogen) atoms. The lowest BCUT2D eigenvalue weighted by atomic mass is 10.2. The molecule has 0 spiro atoms. The van der Waals surface area contributed by atoms with Crippen molar-refractivity contribution in [2.45, 2.75) is 20.3 Å². The fourth-order valence-electron chi connectivity index (χ4n) is 1.52. The summed E-state index contributed by atoms with van der Waals surface area (Å²) in [6.07, 6.45) is 5.49. The highest BCUT2D eigenvalue weighted by Crippen LogP contribution is 2.09. The predicted octanol–water partition coefficient (Wildman–Crippen LogP) is 1.70. The fraction of sp³-hybridized carbons (Fsp3) is 0.300. The summed E-state index contributed by atoms with van der Waals surface area (Å²) >= 11 is 0. The molecule has 1 aromatic rings. The molecule has 0 radical (unpaired) electrons. The van der Waals surface area contributed by atoms with E-state index >= 15 is 0 Å². The van der Waals surface area contributed by atoms with Crippen LogP contribution in [0.15, 0.2) is 24.4 Å². The molecule has 1 aliphatic heterocycles. The second-order valence-electron chi connectivity index (χ2n) is 3.12. The minimum atomic E-state index is 1.09. The van der Waals surface area contributed by atoms with Crippen LogP contribution in [0.4, 0.5) is 0 Å². The van der Waals surface area contributed by atoms with E-state index in [0.717, 1.165) is 6.42 Å². The van der Waals surface area contributed by atoms with Crippen molar-refractivity contribution in [1.29, 1.82) is 0 Å². The minimum absolute atomic E-state index is 1.09. The SMILES string of the molecule is CC1=CCc2cc(C)cc[n+]21. The van der Waals surface area contributed by atoms with Crippen LogP contribution in [-0.2, 0) is 6.42 Å². The van der Waals surface area contributed by atoms with Crippen molar-refractivity contribution in [3.63, 3.8) is 0 Å². The second kappa shape index (κ2) is 2.19. The smallest absolute Gasteiger partial charge is 0.169 e. The van der Waals surface area contributed by atoms with Gasteiger partial charge < -0.3 is 0 Å². The van der Waals surface area contributed by atoms with Gasteiger partial charge in [-0.3, -0.25) is 0 Å². The van der Waals surface area contributed by atoms with Crippen LogP contribution in [0.25, 0.3) is 5.70 Å². The molecular formula is C10H12N+. The molecule has 2 heterocycles. The molecule has 56 valence electrons. The Morgan fingerprint density at radius 1 is 1.36 bits per heavy atom. The lowest BCUT2D eigenvalue weighted by Gasteiger charge is -1.94. The van der Waals surface area contributed by atoms with Gasteiger partial charge >= 0.3 is 0 Å². The van der Waals surface area contributed by atoms with E-state index in [0.29, 0.717) is 0 Å². The first kappa shape index (κ1) is 6.59. The lowest BCUT2D eigenvalue weighted by molar-refractivity contribution is -0.584. The maximum absolute atomic E-state index is 2.26. The number of aromatic nitrogens is 1. The standard InChI is InChI=1S/C10H12N/c1-8-5-6-11-9(2)3-4-10(11)7-8/h3,5-7H,4H2,1-2H3/q+1. The summed E-state index contributed by atoms with van der Waals surface area (Å²) < 4.78 is 2.24. The van der Waals surface area contributed by atoms with Gasteiger partial charge in [0.1, 0.15) is 0 Å². The average molecular weight is 146 g/mol. The zero-order valence-electron chi connectivity index (χ0n) is 6.96.